The molecule has 72 valence electrons. The summed E-state index contributed by atoms with van der Waals surface area (Å²) in [6, 6.07) is 9.85. The van der Waals surface area contributed by atoms with Gasteiger partial charge in [0.1, 0.15) is 6.61 Å². The van der Waals surface area contributed by atoms with Gasteiger partial charge in [-0.3, -0.25) is 0 Å². The first kappa shape index (κ1) is 9.00. The molecule has 0 N–H and O–H groups in total. The molecule has 1 aliphatic rings. The van der Waals surface area contributed by atoms with Crippen molar-refractivity contribution in [1.82, 2.24) is 0 Å². The third kappa shape index (κ3) is 1.15. The van der Waals surface area contributed by atoms with Crippen molar-refractivity contribution in [3.63, 3.8) is 0 Å². The molecule has 0 saturated carbocycles. The van der Waals surface area contributed by atoms with E-state index in [1.807, 2.05) is 37.3 Å². The average Bonchev–Trinajstić information content (AvgIpc) is 2.49. The maximum atomic E-state index is 11.2. The molecule has 1 atom stereocenters. The number of benzene rings is 1. The summed E-state index contributed by atoms with van der Waals surface area (Å²) in [4.78, 5) is 11.2. The van der Waals surface area contributed by atoms with Crippen LogP contribution in [0.4, 0.5) is 0 Å². The number of esters is 1. The summed E-state index contributed by atoms with van der Waals surface area (Å²) in [6.07, 6.45) is 0. The zero-order valence-corrected chi connectivity index (χ0v) is 8.12. The lowest BCUT2D eigenvalue weighted by Crippen LogP contribution is -2.23. The lowest BCUT2D eigenvalue weighted by molar-refractivity contribution is -0.135. The smallest absolute Gasteiger partial charge is 0.334 e. The van der Waals surface area contributed by atoms with Gasteiger partial charge in [0.15, 0.2) is 0 Å². The highest BCUT2D eigenvalue weighted by molar-refractivity contribution is 5.93. The van der Waals surface area contributed by atoms with Crippen molar-refractivity contribution < 1.29 is 9.53 Å². The van der Waals surface area contributed by atoms with Crippen LogP contribution in [0.3, 0.4) is 0 Å². The van der Waals surface area contributed by atoms with Crippen LogP contribution in [0.2, 0.25) is 0 Å². The molecule has 0 aliphatic carbocycles. The Balaban J connectivity index is 2.44. The van der Waals surface area contributed by atoms with E-state index >= 15 is 0 Å². The van der Waals surface area contributed by atoms with Gasteiger partial charge in [0, 0.05) is 5.57 Å². The highest BCUT2D eigenvalue weighted by atomic mass is 16.5. The van der Waals surface area contributed by atoms with Crippen LogP contribution in [0.5, 0.6) is 0 Å². The summed E-state index contributed by atoms with van der Waals surface area (Å²) in [5, 5.41) is 0. The van der Waals surface area contributed by atoms with Gasteiger partial charge in [-0.25, -0.2) is 4.79 Å². The predicted octanol–water partition coefficient (Wildman–Crippen LogP) is 2.06. The van der Waals surface area contributed by atoms with E-state index in [1.165, 1.54) is 0 Å². The minimum Gasteiger partial charge on any atom is -0.461 e. The molecule has 1 saturated heterocycles. The zero-order valence-electron chi connectivity index (χ0n) is 8.12. The largest absolute Gasteiger partial charge is 0.461 e. The van der Waals surface area contributed by atoms with E-state index in [2.05, 4.69) is 6.58 Å². The lowest BCUT2D eigenvalue weighted by atomic mass is 9.79. The van der Waals surface area contributed by atoms with Crippen LogP contribution >= 0.6 is 0 Å². The molecule has 2 nitrogen and oxygen atoms in total. The van der Waals surface area contributed by atoms with Crippen LogP contribution in [-0.4, -0.2) is 12.6 Å². The Bertz CT molecular complexity index is 381. The summed E-state index contributed by atoms with van der Waals surface area (Å²) >= 11 is 0. The molecule has 1 fully saturated rings. The molecule has 14 heavy (non-hydrogen) atoms. The first-order valence-electron chi connectivity index (χ1n) is 4.56. The minimum absolute atomic E-state index is 0.281. The molecule has 0 amide bonds. The Morgan fingerprint density at radius 3 is 2.50 bits per heavy atom. The SMILES string of the molecule is C=C1C(=O)OC[C@]1(C)c1ccccc1. The van der Waals surface area contributed by atoms with Crippen molar-refractivity contribution in [3.8, 4) is 0 Å². The Morgan fingerprint density at radius 2 is 2.00 bits per heavy atom. The second kappa shape index (κ2) is 2.98. The number of rotatable bonds is 1. The fourth-order valence-corrected chi connectivity index (χ4v) is 1.67. The summed E-state index contributed by atoms with van der Waals surface area (Å²) < 4.78 is 5.00. The number of carbonyl (C=O) groups excluding carboxylic acids is 1. The van der Waals surface area contributed by atoms with Crippen molar-refractivity contribution >= 4 is 5.97 Å². The number of cyclic esters (lactones) is 1. The molecule has 0 radical (unpaired) electrons. The van der Waals surface area contributed by atoms with Crippen LogP contribution in [0.1, 0.15) is 12.5 Å². The highest BCUT2D eigenvalue weighted by Gasteiger charge is 2.41. The molecule has 0 unspecified atom stereocenters. The van der Waals surface area contributed by atoms with Gasteiger partial charge in [0.05, 0.1) is 5.41 Å². The highest BCUT2D eigenvalue weighted by Crippen LogP contribution is 2.36. The van der Waals surface area contributed by atoms with Gasteiger partial charge in [0.25, 0.3) is 0 Å². The number of hydrogen-bond acceptors (Lipinski definition) is 2. The van der Waals surface area contributed by atoms with Crippen molar-refractivity contribution in [2.75, 3.05) is 6.61 Å². The molecular formula is C12H12O2. The molecule has 0 spiro atoms. The van der Waals surface area contributed by atoms with E-state index in [-0.39, 0.29) is 11.4 Å². The van der Waals surface area contributed by atoms with E-state index in [0.717, 1.165) is 5.56 Å². The van der Waals surface area contributed by atoms with Gasteiger partial charge in [0.2, 0.25) is 0 Å². The third-order valence-electron chi connectivity index (χ3n) is 2.82. The number of ether oxygens (including phenoxy) is 1. The van der Waals surface area contributed by atoms with E-state index in [1.54, 1.807) is 0 Å². The van der Waals surface area contributed by atoms with Crippen molar-refractivity contribution in [2.45, 2.75) is 12.3 Å². The molecule has 1 aliphatic heterocycles. The molecule has 1 aromatic rings. The first-order valence-corrected chi connectivity index (χ1v) is 4.56. The maximum Gasteiger partial charge on any atom is 0.334 e. The van der Waals surface area contributed by atoms with Crippen LogP contribution in [0.15, 0.2) is 42.5 Å². The second-order valence-electron chi connectivity index (χ2n) is 3.75. The number of carbonyl (C=O) groups is 1. The molecular weight excluding hydrogens is 176 g/mol. The summed E-state index contributed by atoms with van der Waals surface area (Å²) in [5.41, 5.74) is 1.28. The Hall–Kier alpha value is -1.57. The van der Waals surface area contributed by atoms with Gasteiger partial charge in [-0.2, -0.15) is 0 Å². The second-order valence-corrected chi connectivity index (χ2v) is 3.75. The molecule has 0 aromatic heterocycles. The topological polar surface area (TPSA) is 26.3 Å². The van der Waals surface area contributed by atoms with Crippen LogP contribution in [0.25, 0.3) is 0 Å². The van der Waals surface area contributed by atoms with Crippen LogP contribution < -0.4 is 0 Å². The quantitative estimate of drug-likeness (QED) is 0.498. The van der Waals surface area contributed by atoms with Gasteiger partial charge in [-0.05, 0) is 12.5 Å². The van der Waals surface area contributed by atoms with Crippen molar-refractivity contribution in [1.29, 1.82) is 0 Å². The third-order valence-corrected chi connectivity index (χ3v) is 2.82. The van der Waals surface area contributed by atoms with Crippen LogP contribution in [0, 0.1) is 0 Å². The standard InChI is InChI=1S/C12H12O2/c1-9-11(13)14-8-12(9,2)10-6-4-3-5-7-10/h3-7H,1,8H2,2H3/t12-/m0/s1. The average molecular weight is 188 g/mol. The Kier molecular flexibility index (Phi) is 1.92. The first-order chi connectivity index (χ1) is 6.64. The van der Waals surface area contributed by atoms with Gasteiger partial charge in [-0.15, -0.1) is 0 Å². The van der Waals surface area contributed by atoms with E-state index in [4.69, 9.17) is 4.74 Å². The van der Waals surface area contributed by atoms with E-state index < -0.39 is 0 Å². The summed E-state index contributed by atoms with van der Waals surface area (Å²) in [5.74, 6) is -0.281. The van der Waals surface area contributed by atoms with E-state index in [9.17, 15) is 4.79 Å². The molecule has 1 aromatic carbocycles. The maximum absolute atomic E-state index is 11.2. The summed E-state index contributed by atoms with van der Waals surface area (Å²) in [6.45, 7) is 6.17. The van der Waals surface area contributed by atoms with Gasteiger partial charge >= 0.3 is 5.97 Å². The monoisotopic (exact) mass is 188 g/mol. The van der Waals surface area contributed by atoms with Gasteiger partial charge in [-0.1, -0.05) is 36.9 Å². The van der Waals surface area contributed by atoms with Crippen molar-refractivity contribution in [3.05, 3.63) is 48.0 Å². The van der Waals surface area contributed by atoms with Crippen LogP contribution in [-0.2, 0) is 14.9 Å². The molecule has 2 heteroatoms. The zero-order chi connectivity index (χ0) is 10.2. The van der Waals surface area contributed by atoms with E-state index in [0.29, 0.717) is 12.2 Å². The Morgan fingerprint density at radius 1 is 1.36 bits per heavy atom. The summed E-state index contributed by atoms with van der Waals surface area (Å²) in [7, 11) is 0. The fraction of sp³-hybridized carbons (Fsp3) is 0.250. The van der Waals surface area contributed by atoms with Gasteiger partial charge < -0.3 is 4.74 Å². The fourth-order valence-electron chi connectivity index (χ4n) is 1.67. The molecule has 0 bridgehead atoms. The normalized spacial score (nSPS) is 26.4. The lowest BCUT2D eigenvalue weighted by Gasteiger charge is -2.21. The molecule has 1 heterocycles. The number of hydrogen-bond donors (Lipinski definition) is 0. The minimum atomic E-state index is -0.349. The molecule has 2 rings (SSSR count). The van der Waals surface area contributed by atoms with Crippen molar-refractivity contribution in [2.24, 2.45) is 0 Å². The predicted molar refractivity (Wildman–Crippen MR) is 53.9 cm³/mol. The Labute approximate surface area is 83.2 Å².